The number of rotatable bonds is 7. The van der Waals surface area contributed by atoms with Crippen molar-refractivity contribution in [3.05, 3.63) is 77.3 Å². The minimum atomic E-state index is -0.371. The summed E-state index contributed by atoms with van der Waals surface area (Å²) < 4.78 is 5.94. The molecule has 0 radical (unpaired) electrons. The molecule has 2 heterocycles. The lowest BCUT2D eigenvalue weighted by Gasteiger charge is -2.15. The molecule has 1 unspecified atom stereocenters. The highest BCUT2D eigenvalue weighted by atomic mass is 32.1. The van der Waals surface area contributed by atoms with Gasteiger partial charge in [0.2, 0.25) is 11.8 Å². The number of hydrogen-bond acceptors (Lipinski definition) is 5. The Hall–Kier alpha value is -3.19. The molecule has 4 rings (SSSR count). The zero-order valence-electron chi connectivity index (χ0n) is 15.8. The first-order chi connectivity index (χ1) is 14.2. The molecule has 1 aliphatic heterocycles. The molecule has 2 amide bonds. The van der Waals surface area contributed by atoms with E-state index in [1.54, 1.807) is 11.1 Å². The molecule has 0 saturated carbocycles. The second kappa shape index (κ2) is 8.87. The van der Waals surface area contributed by atoms with E-state index in [4.69, 9.17) is 4.74 Å². The van der Waals surface area contributed by atoms with Crippen LogP contribution in [0.3, 0.4) is 0 Å². The van der Waals surface area contributed by atoms with Crippen molar-refractivity contribution >= 4 is 28.3 Å². The summed E-state index contributed by atoms with van der Waals surface area (Å²) >= 11 is 1.40. The summed E-state index contributed by atoms with van der Waals surface area (Å²) in [5, 5.41) is 5.42. The molecule has 0 spiro atoms. The Kier molecular flexibility index (Phi) is 5.86. The minimum absolute atomic E-state index is 0.0632. The van der Waals surface area contributed by atoms with E-state index in [9.17, 15) is 9.59 Å². The number of benzene rings is 2. The molecule has 148 valence electrons. The Labute approximate surface area is 173 Å². The monoisotopic (exact) mass is 407 g/mol. The highest BCUT2D eigenvalue weighted by molar-refractivity contribution is 7.13. The largest absolute Gasteiger partial charge is 0.489 e. The van der Waals surface area contributed by atoms with Gasteiger partial charge in [-0.3, -0.25) is 14.5 Å². The standard InChI is InChI=1S/C22H21N3O3S/c26-20-12-18(14-25(20)22-23-10-11-29-22)21(27)24-13-17-8-4-5-9-19(17)28-15-16-6-2-1-3-7-16/h1-11,18H,12-15H2,(H,24,27). The van der Waals surface area contributed by atoms with E-state index in [0.29, 0.717) is 24.8 Å². The number of para-hydroxylation sites is 1. The SMILES string of the molecule is O=C(NCc1ccccc1OCc1ccccc1)C1CC(=O)N(c2nccs2)C1. The second-order valence-corrected chi connectivity index (χ2v) is 7.69. The van der Waals surface area contributed by atoms with E-state index in [2.05, 4.69) is 10.3 Å². The van der Waals surface area contributed by atoms with Gasteiger partial charge < -0.3 is 10.1 Å². The molecule has 29 heavy (non-hydrogen) atoms. The van der Waals surface area contributed by atoms with Crippen LogP contribution in [0.5, 0.6) is 5.75 Å². The van der Waals surface area contributed by atoms with Gasteiger partial charge in [0.05, 0.1) is 5.92 Å². The lowest BCUT2D eigenvalue weighted by molar-refractivity contribution is -0.126. The molecule has 1 atom stereocenters. The van der Waals surface area contributed by atoms with Crippen LogP contribution in [0.1, 0.15) is 17.5 Å². The number of hydrogen-bond donors (Lipinski definition) is 1. The van der Waals surface area contributed by atoms with Gasteiger partial charge in [-0.05, 0) is 11.6 Å². The van der Waals surface area contributed by atoms with Gasteiger partial charge in [0.15, 0.2) is 5.13 Å². The van der Waals surface area contributed by atoms with Gasteiger partial charge >= 0.3 is 0 Å². The topological polar surface area (TPSA) is 71.5 Å². The van der Waals surface area contributed by atoms with Crippen molar-refractivity contribution < 1.29 is 14.3 Å². The lowest BCUT2D eigenvalue weighted by Crippen LogP contribution is -2.32. The van der Waals surface area contributed by atoms with Gasteiger partial charge in [0.25, 0.3) is 0 Å². The number of nitrogens with one attached hydrogen (secondary N) is 1. The van der Waals surface area contributed by atoms with E-state index in [1.165, 1.54) is 11.3 Å². The third-order valence-electron chi connectivity index (χ3n) is 4.81. The normalized spacial score (nSPS) is 16.1. The number of amides is 2. The van der Waals surface area contributed by atoms with Gasteiger partial charge in [0.1, 0.15) is 12.4 Å². The zero-order chi connectivity index (χ0) is 20.1. The number of nitrogens with zero attached hydrogens (tertiary/aromatic N) is 2. The molecule has 1 fully saturated rings. The van der Waals surface area contributed by atoms with Crippen LogP contribution in [-0.4, -0.2) is 23.3 Å². The number of carbonyl (C=O) groups excluding carboxylic acids is 2. The molecule has 1 aliphatic rings. The van der Waals surface area contributed by atoms with Gasteiger partial charge in [-0.25, -0.2) is 4.98 Å². The third-order valence-corrected chi connectivity index (χ3v) is 5.60. The van der Waals surface area contributed by atoms with Crippen LogP contribution in [0.15, 0.2) is 66.2 Å². The van der Waals surface area contributed by atoms with Crippen LogP contribution < -0.4 is 15.0 Å². The van der Waals surface area contributed by atoms with Crippen molar-refractivity contribution in [2.45, 2.75) is 19.6 Å². The predicted molar refractivity (Wildman–Crippen MR) is 112 cm³/mol. The molecule has 1 aromatic heterocycles. The Morgan fingerprint density at radius 2 is 1.97 bits per heavy atom. The molecule has 1 N–H and O–H groups in total. The van der Waals surface area contributed by atoms with Crippen LogP contribution in [0.2, 0.25) is 0 Å². The molecule has 0 bridgehead atoms. The van der Waals surface area contributed by atoms with Crippen LogP contribution in [-0.2, 0) is 22.7 Å². The predicted octanol–water partition coefficient (Wildman–Crippen LogP) is 3.39. The fourth-order valence-electron chi connectivity index (χ4n) is 3.27. The van der Waals surface area contributed by atoms with E-state index < -0.39 is 0 Å². The van der Waals surface area contributed by atoms with Crippen molar-refractivity contribution in [2.75, 3.05) is 11.4 Å². The first kappa shape index (κ1) is 19.1. The summed E-state index contributed by atoms with van der Waals surface area (Å²) in [5.41, 5.74) is 1.98. The maximum absolute atomic E-state index is 12.6. The summed E-state index contributed by atoms with van der Waals surface area (Å²) in [6.45, 7) is 1.18. The molecule has 0 aliphatic carbocycles. The maximum atomic E-state index is 12.6. The average Bonchev–Trinajstić information content (AvgIpc) is 3.41. The molecule has 2 aromatic carbocycles. The van der Waals surface area contributed by atoms with Gasteiger partial charge in [-0.1, -0.05) is 48.5 Å². The summed E-state index contributed by atoms with van der Waals surface area (Å²) in [6.07, 6.45) is 1.87. The number of anilines is 1. The second-order valence-electron chi connectivity index (χ2n) is 6.82. The van der Waals surface area contributed by atoms with Gasteiger partial charge in [-0.15, -0.1) is 11.3 Å². The van der Waals surface area contributed by atoms with Crippen LogP contribution in [0.25, 0.3) is 0 Å². The minimum Gasteiger partial charge on any atom is -0.489 e. The van der Waals surface area contributed by atoms with Crippen LogP contribution in [0.4, 0.5) is 5.13 Å². The molecular weight excluding hydrogens is 386 g/mol. The van der Waals surface area contributed by atoms with Crippen molar-refractivity contribution in [3.63, 3.8) is 0 Å². The zero-order valence-corrected chi connectivity index (χ0v) is 16.6. The summed E-state index contributed by atoms with van der Waals surface area (Å²) in [6, 6.07) is 17.6. The smallest absolute Gasteiger partial charge is 0.229 e. The Morgan fingerprint density at radius 1 is 1.17 bits per heavy atom. The number of aromatic nitrogens is 1. The Bertz CT molecular complexity index is 976. The fraction of sp³-hybridized carbons (Fsp3) is 0.227. The third kappa shape index (κ3) is 4.63. The van der Waals surface area contributed by atoms with Gasteiger partial charge in [0, 0.05) is 36.7 Å². The highest BCUT2D eigenvalue weighted by Crippen LogP contribution is 2.27. The number of carbonyl (C=O) groups is 2. The molecule has 7 heteroatoms. The fourth-order valence-corrected chi connectivity index (χ4v) is 3.94. The summed E-state index contributed by atoms with van der Waals surface area (Å²) in [7, 11) is 0. The van der Waals surface area contributed by atoms with Crippen molar-refractivity contribution in [1.82, 2.24) is 10.3 Å². The first-order valence-corrected chi connectivity index (χ1v) is 10.3. The summed E-state index contributed by atoms with van der Waals surface area (Å²) in [5.74, 6) is 0.175. The first-order valence-electron chi connectivity index (χ1n) is 9.43. The molecular formula is C22H21N3O3S. The van der Waals surface area contributed by atoms with E-state index in [0.717, 1.165) is 16.9 Å². The lowest BCUT2D eigenvalue weighted by atomic mass is 10.1. The van der Waals surface area contributed by atoms with Gasteiger partial charge in [-0.2, -0.15) is 0 Å². The highest BCUT2D eigenvalue weighted by Gasteiger charge is 2.36. The maximum Gasteiger partial charge on any atom is 0.229 e. The van der Waals surface area contributed by atoms with Crippen molar-refractivity contribution in [3.8, 4) is 5.75 Å². The van der Waals surface area contributed by atoms with Crippen molar-refractivity contribution in [1.29, 1.82) is 0 Å². The number of thiazole rings is 1. The van der Waals surface area contributed by atoms with Crippen LogP contribution >= 0.6 is 11.3 Å². The van der Waals surface area contributed by atoms with Crippen molar-refractivity contribution in [2.24, 2.45) is 5.92 Å². The number of ether oxygens (including phenoxy) is 1. The summed E-state index contributed by atoms with van der Waals surface area (Å²) in [4.78, 5) is 30.6. The molecule has 6 nitrogen and oxygen atoms in total. The van der Waals surface area contributed by atoms with E-state index in [-0.39, 0.29) is 24.2 Å². The quantitative estimate of drug-likeness (QED) is 0.652. The Balaban J connectivity index is 1.34. The molecule has 1 saturated heterocycles. The molecule has 3 aromatic rings. The Morgan fingerprint density at radius 3 is 2.76 bits per heavy atom. The van der Waals surface area contributed by atoms with E-state index >= 15 is 0 Å². The van der Waals surface area contributed by atoms with E-state index in [1.807, 2.05) is 60.0 Å². The van der Waals surface area contributed by atoms with Crippen LogP contribution in [0, 0.1) is 5.92 Å². The average molecular weight is 407 g/mol.